The third-order valence-corrected chi connectivity index (χ3v) is 4.03. The molecule has 1 aliphatic rings. The lowest BCUT2D eigenvalue weighted by atomic mass is 9.97. The molecule has 2 rings (SSSR count). The van der Waals surface area contributed by atoms with Gasteiger partial charge in [0.1, 0.15) is 5.75 Å². The third-order valence-electron chi connectivity index (χ3n) is 4.03. The molecule has 1 aromatic carbocycles. The lowest BCUT2D eigenvalue weighted by Crippen LogP contribution is -2.05. The van der Waals surface area contributed by atoms with Crippen LogP contribution in [0, 0.1) is 11.8 Å². The first-order valence-electron chi connectivity index (χ1n) is 7.43. The van der Waals surface area contributed by atoms with Crippen LogP contribution in [-0.2, 0) is 6.18 Å². The molecule has 0 radical (unpaired) electrons. The number of halogens is 3. The van der Waals surface area contributed by atoms with Crippen LogP contribution in [0.25, 0.3) is 0 Å². The molecule has 0 spiro atoms. The van der Waals surface area contributed by atoms with E-state index in [1.165, 1.54) is 25.3 Å². The van der Waals surface area contributed by atoms with Gasteiger partial charge in [0.25, 0.3) is 0 Å². The highest BCUT2D eigenvalue weighted by Crippen LogP contribution is 2.32. The van der Waals surface area contributed by atoms with Gasteiger partial charge in [-0.05, 0) is 42.9 Å². The minimum Gasteiger partial charge on any atom is -0.493 e. The van der Waals surface area contributed by atoms with Crippen molar-refractivity contribution in [1.82, 2.24) is 0 Å². The van der Waals surface area contributed by atoms with Crippen molar-refractivity contribution in [2.75, 3.05) is 6.61 Å². The summed E-state index contributed by atoms with van der Waals surface area (Å²) in [6.45, 7) is 2.67. The Balaban J connectivity index is 1.77. The van der Waals surface area contributed by atoms with Crippen LogP contribution in [0.5, 0.6) is 5.75 Å². The Labute approximate surface area is 123 Å². The fourth-order valence-electron chi connectivity index (χ4n) is 2.74. The maximum atomic E-state index is 12.6. The van der Waals surface area contributed by atoms with Gasteiger partial charge < -0.3 is 4.74 Å². The van der Waals surface area contributed by atoms with Gasteiger partial charge in [-0.3, -0.25) is 0 Å². The van der Waals surface area contributed by atoms with E-state index >= 15 is 0 Å². The highest BCUT2D eigenvalue weighted by molar-refractivity contribution is 5.30. The van der Waals surface area contributed by atoms with E-state index in [0.29, 0.717) is 12.5 Å². The summed E-state index contributed by atoms with van der Waals surface area (Å²) in [5.41, 5.74) is -0.671. The molecule has 2 unspecified atom stereocenters. The van der Waals surface area contributed by atoms with Crippen molar-refractivity contribution in [3.05, 3.63) is 42.0 Å². The topological polar surface area (TPSA) is 9.23 Å². The van der Waals surface area contributed by atoms with Crippen LogP contribution in [0.2, 0.25) is 0 Å². The first kappa shape index (κ1) is 15.9. The van der Waals surface area contributed by atoms with Gasteiger partial charge in [0.15, 0.2) is 0 Å². The molecule has 0 saturated heterocycles. The van der Waals surface area contributed by atoms with Crippen molar-refractivity contribution in [2.45, 2.75) is 38.8 Å². The molecule has 1 aromatic rings. The Kier molecular flexibility index (Phi) is 5.32. The molecule has 1 aliphatic carbocycles. The zero-order valence-corrected chi connectivity index (χ0v) is 12.2. The van der Waals surface area contributed by atoms with Crippen LogP contribution < -0.4 is 4.74 Å². The maximum Gasteiger partial charge on any atom is 0.416 e. The predicted octanol–water partition coefficient (Wildman–Crippen LogP) is 5.47. The van der Waals surface area contributed by atoms with Crippen molar-refractivity contribution >= 4 is 0 Å². The largest absolute Gasteiger partial charge is 0.493 e. The molecule has 1 fully saturated rings. The smallest absolute Gasteiger partial charge is 0.416 e. The summed E-state index contributed by atoms with van der Waals surface area (Å²) < 4.78 is 43.0. The number of allylic oxidation sites excluding steroid dienone is 1. The Morgan fingerprint density at radius 3 is 2.76 bits per heavy atom. The molecule has 1 nitrogen and oxygen atoms in total. The van der Waals surface area contributed by atoms with E-state index < -0.39 is 11.7 Å². The summed E-state index contributed by atoms with van der Waals surface area (Å²) in [7, 11) is 0. The second-order valence-electron chi connectivity index (χ2n) is 5.66. The second-order valence-corrected chi connectivity index (χ2v) is 5.66. The van der Waals surface area contributed by atoms with E-state index in [1.807, 2.05) is 0 Å². The summed E-state index contributed by atoms with van der Waals surface area (Å²) in [5.74, 6) is 1.66. The Morgan fingerprint density at radius 1 is 1.29 bits per heavy atom. The van der Waals surface area contributed by atoms with Crippen molar-refractivity contribution in [3.63, 3.8) is 0 Å². The Morgan fingerprint density at radius 2 is 2.10 bits per heavy atom. The van der Waals surface area contributed by atoms with Crippen LogP contribution in [0.15, 0.2) is 36.4 Å². The predicted molar refractivity (Wildman–Crippen MR) is 77.2 cm³/mol. The summed E-state index contributed by atoms with van der Waals surface area (Å²) in [4.78, 5) is 0. The van der Waals surface area contributed by atoms with Gasteiger partial charge in [-0.2, -0.15) is 13.2 Å². The van der Waals surface area contributed by atoms with E-state index in [-0.39, 0.29) is 5.75 Å². The number of benzene rings is 1. The van der Waals surface area contributed by atoms with Crippen LogP contribution in [0.3, 0.4) is 0 Å². The summed E-state index contributed by atoms with van der Waals surface area (Å²) in [6, 6.07) is 5.02. The molecule has 4 heteroatoms. The normalized spacial score (nSPS) is 22.9. The van der Waals surface area contributed by atoms with Crippen molar-refractivity contribution in [3.8, 4) is 5.75 Å². The summed E-state index contributed by atoms with van der Waals surface area (Å²) in [5, 5.41) is 0. The zero-order chi connectivity index (χ0) is 15.3. The van der Waals surface area contributed by atoms with Crippen molar-refractivity contribution in [2.24, 2.45) is 11.8 Å². The van der Waals surface area contributed by atoms with Crippen LogP contribution in [0.4, 0.5) is 13.2 Å². The molecular formula is C17H21F3O. The zero-order valence-electron chi connectivity index (χ0n) is 12.2. The van der Waals surface area contributed by atoms with Crippen molar-refractivity contribution in [1.29, 1.82) is 0 Å². The molecule has 116 valence electrons. The highest BCUT2D eigenvalue weighted by atomic mass is 19.4. The first-order chi connectivity index (χ1) is 9.97. The van der Waals surface area contributed by atoms with Gasteiger partial charge in [-0.25, -0.2) is 0 Å². The average Bonchev–Trinajstić information content (AvgIpc) is 2.83. The monoisotopic (exact) mass is 298 g/mol. The number of ether oxygens (including phenoxy) is 1. The van der Waals surface area contributed by atoms with Gasteiger partial charge >= 0.3 is 6.18 Å². The SMILES string of the molecule is CC1CCCC1/C=C/CCOc1cccc(C(F)(F)F)c1. The summed E-state index contributed by atoms with van der Waals surface area (Å²) >= 11 is 0. The Hall–Kier alpha value is -1.45. The number of alkyl halides is 3. The van der Waals surface area contributed by atoms with Gasteiger partial charge in [-0.15, -0.1) is 0 Å². The van der Waals surface area contributed by atoms with E-state index in [4.69, 9.17) is 4.74 Å². The van der Waals surface area contributed by atoms with Crippen LogP contribution in [0.1, 0.15) is 38.2 Å². The fourth-order valence-corrected chi connectivity index (χ4v) is 2.74. The first-order valence-corrected chi connectivity index (χ1v) is 7.43. The van der Waals surface area contributed by atoms with Gasteiger partial charge in [-0.1, -0.05) is 38.0 Å². The second kappa shape index (κ2) is 7.01. The minimum absolute atomic E-state index is 0.271. The lowest BCUT2D eigenvalue weighted by Gasteiger charge is -2.10. The molecule has 0 N–H and O–H groups in total. The van der Waals surface area contributed by atoms with Crippen molar-refractivity contribution < 1.29 is 17.9 Å². The minimum atomic E-state index is -4.32. The molecule has 1 saturated carbocycles. The number of rotatable bonds is 5. The molecule has 0 aliphatic heterocycles. The molecule has 0 aromatic heterocycles. The lowest BCUT2D eigenvalue weighted by molar-refractivity contribution is -0.137. The fraction of sp³-hybridized carbons (Fsp3) is 0.529. The quantitative estimate of drug-likeness (QED) is 0.517. The van der Waals surface area contributed by atoms with E-state index in [0.717, 1.165) is 24.5 Å². The van der Waals surface area contributed by atoms with Crippen LogP contribution >= 0.6 is 0 Å². The molecule has 0 amide bonds. The standard InChI is InChI=1S/C17H21F3O/c1-13-6-4-8-14(13)7-2-3-11-21-16-10-5-9-15(12-16)17(18,19)20/h2,5,7,9-10,12-14H,3-4,6,8,11H2,1H3/b7-2+. The molecule has 2 atom stereocenters. The van der Waals surface area contributed by atoms with E-state index in [2.05, 4.69) is 19.1 Å². The maximum absolute atomic E-state index is 12.6. The van der Waals surface area contributed by atoms with Gasteiger partial charge in [0, 0.05) is 0 Å². The third kappa shape index (κ3) is 4.80. The highest BCUT2D eigenvalue weighted by Gasteiger charge is 2.30. The molecular weight excluding hydrogens is 277 g/mol. The molecule has 0 bridgehead atoms. The Bertz CT molecular complexity index is 479. The van der Waals surface area contributed by atoms with E-state index in [1.54, 1.807) is 6.07 Å². The van der Waals surface area contributed by atoms with E-state index in [9.17, 15) is 13.2 Å². The van der Waals surface area contributed by atoms with Gasteiger partial charge in [0.2, 0.25) is 0 Å². The molecule has 21 heavy (non-hydrogen) atoms. The number of hydrogen-bond donors (Lipinski definition) is 0. The summed E-state index contributed by atoms with van der Waals surface area (Å²) in [6.07, 6.45) is 4.53. The van der Waals surface area contributed by atoms with Crippen LogP contribution in [-0.4, -0.2) is 6.61 Å². The number of hydrogen-bond acceptors (Lipinski definition) is 1. The molecule has 0 heterocycles. The average molecular weight is 298 g/mol. The van der Waals surface area contributed by atoms with Gasteiger partial charge in [0.05, 0.1) is 12.2 Å².